The van der Waals surface area contributed by atoms with Crippen molar-refractivity contribution in [1.82, 2.24) is 15.1 Å². The summed E-state index contributed by atoms with van der Waals surface area (Å²) < 4.78 is 0. The lowest BCUT2D eigenvalue weighted by Gasteiger charge is -2.34. The first-order valence-electron chi connectivity index (χ1n) is 7.69. The highest BCUT2D eigenvalue weighted by molar-refractivity contribution is 5.89. The molecular weight excluding hydrogens is 264 g/mol. The highest BCUT2D eigenvalue weighted by atomic mass is 16.2. The summed E-state index contributed by atoms with van der Waals surface area (Å²) in [7, 11) is 1.94. The molecule has 21 heavy (non-hydrogen) atoms. The molecule has 1 heterocycles. The molecule has 5 nitrogen and oxygen atoms in total. The van der Waals surface area contributed by atoms with E-state index in [1.807, 2.05) is 36.2 Å². The number of rotatable bonds is 4. The molecular formula is C16H26N4O. The van der Waals surface area contributed by atoms with Crippen LogP contribution in [0.25, 0.3) is 0 Å². The molecule has 0 aromatic heterocycles. The van der Waals surface area contributed by atoms with Crippen LogP contribution in [0.1, 0.15) is 25.5 Å². The molecule has 0 radical (unpaired) electrons. The lowest BCUT2D eigenvalue weighted by molar-refractivity contribution is 0.151. The first kappa shape index (κ1) is 15.8. The second-order valence-corrected chi connectivity index (χ2v) is 5.48. The molecule has 2 amide bonds. The van der Waals surface area contributed by atoms with E-state index in [1.165, 1.54) is 5.56 Å². The molecule has 1 fully saturated rings. The quantitative estimate of drug-likeness (QED) is 0.893. The summed E-state index contributed by atoms with van der Waals surface area (Å²) in [5.41, 5.74) is 2.07. The van der Waals surface area contributed by atoms with Gasteiger partial charge in [-0.3, -0.25) is 0 Å². The van der Waals surface area contributed by atoms with E-state index in [9.17, 15) is 4.79 Å². The van der Waals surface area contributed by atoms with Crippen molar-refractivity contribution in [3.8, 4) is 0 Å². The molecule has 0 spiro atoms. The number of likely N-dealkylation sites (N-methyl/N-ethyl adjacent to an activating group) is 1. The molecule has 1 aliphatic rings. The normalized spacial score (nSPS) is 17.6. The largest absolute Gasteiger partial charge is 0.322 e. The van der Waals surface area contributed by atoms with Crippen molar-refractivity contribution < 1.29 is 4.79 Å². The van der Waals surface area contributed by atoms with E-state index in [4.69, 9.17) is 0 Å². The van der Waals surface area contributed by atoms with E-state index in [0.717, 1.165) is 38.4 Å². The van der Waals surface area contributed by atoms with Crippen molar-refractivity contribution in [3.05, 3.63) is 29.8 Å². The molecule has 1 saturated heterocycles. The molecule has 1 aliphatic heterocycles. The van der Waals surface area contributed by atoms with Gasteiger partial charge >= 0.3 is 6.03 Å². The van der Waals surface area contributed by atoms with Gasteiger partial charge in [-0.2, -0.15) is 0 Å². The fourth-order valence-electron chi connectivity index (χ4n) is 2.49. The Labute approximate surface area is 127 Å². The zero-order chi connectivity index (χ0) is 15.2. The molecule has 0 saturated carbocycles. The van der Waals surface area contributed by atoms with Crippen molar-refractivity contribution in [2.75, 3.05) is 45.1 Å². The summed E-state index contributed by atoms with van der Waals surface area (Å²) in [6.07, 6.45) is 0. The fraction of sp³-hybridized carbons (Fsp3) is 0.562. The highest BCUT2D eigenvalue weighted by Gasteiger charge is 2.19. The number of hydrogen-bond acceptors (Lipinski definition) is 3. The number of anilines is 1. The second-order valence-electron chi connectivity index (χ2n) is 5.48. The van der Waals surface area contributed by atoms with Crippen LogP contribution in [0.4, 0.5) is 10.5 Å². The van der Waals surface area contributed by atoms with Gasteiger partial charge in [-0.1, -0.05) is 19.1 Å². The number of nitrogens with zero attached hydrogens (tertiary/aromatic N) is 2. The number of hydrogen-bond donors (Lipinski definition) is 2. The number of amides is 2. The van der Waals surface area contributed by atoms with Crippen molar-refractivity contribution in [2.45, 2.75) is 19.9 Å². The molecule has 5 heteroatoms. The average molecular weight is 290 g/mol. The summed E-state index contributed by atoms with van der Waals surface area (Å²) in [6, 6.07) is 8.33. The van der Waals surface area contributed by atoms with E-state index in [0.29, 0.717) is 6.04 Å². The monoisotopic (exact) mass is 290 g/mol. The van der Waals surface area contributed by atoms with Crippen LogP contribution in [0.2, 0.25) is 0 Å². The Bertz CT molecular complexity index is 452. The predicted molar refractivity (Wildman–Crippen MR) is 86.6 cm³/mol. The number of piperazine rings is 1. The summed E-state index contributed by atoms with van der Waals surface area (Å²) in [6.45, 7) is 8.85. The molecule has 2 rings (SSSR count). The molecule has 0 aliphatic carbocycles. The lowest BCUT2D eigenvalue weighted by atomic mass is 10.1. The summed E-state index contributed by atoms with van der Waals surface area (Å²) in [4.78, 5) is 16.5. The van der Waals surface area contributed by atoms with Crippen LogP contribution in [-0.4, -0.2) is 55.6 Å². The molecule has 1 unspecified atom stereocenters. The van der Waals surface area contributed by atoms with Crippen molar-refractivity contribution in [1.29, 1.82) is 0 Å². The van der Waals surface area contributed by atoms with Gasteiger partial charge in [-0.25, -0.2) is 4.79 Å². The van der Waals surface area contributed by atoms with Crippen molar-refractivity contribution in [3.63, 3.8) is 0 Å². The SMILES string of the molecule is CCN1CCN(C(=O)Nc2ccc(C(C)NC)cc2)CC1. The molecule has 1 aromatic carbocycles. The second kappa shape index (κ2) is 7.43. The van der Waals surface area contributed by atoms with Crippen molar-refractivity contribution >= 4 is 11.7 Å². The van der Waals surface area contributed by atoms with Gasteiger partial charge in [-0.15, -0.1) is 0 Å². The number of carbonyl (C=O) groups is 1. The van der Waals surface area contributed by atoms with Crippen LogP contribution < -0.4 is 10.6 Å². The number of carbonyl (C=O) groups excluding carboxylic acids is 1. The summed E-state index contributed by atoms with van der Waals surface area (Å²) in [5.74, 6) is 0. The topological polar surface area (TPSA) is 47.6 Å². The van der Waals surface area contributed by atoms with E-state index in [-0.39, 0.29) is 6.03 Å². The molecule has 116 valence electrons. The van der Waals surface area contributed by atoms with Crippen molar-refractivity contribution in [2.24, 2.45) is 0 Å². The minimum Gasteiger partial charge on any atom is -0.322 e. The van der Waals surface area contributed by atoms with Gasteiger partial charge in [-0.05, 0) is 38.2 Å². The van der Waals surface area contributed by atoms with Crippen LogP contribution in [0, 0.1) is 0 Å². The maximum absolute atomic E-state index is 12.2. The zero-order valence-electron chi connectivity index (χ0n) is 13.2. The van der Waals surface area contributed by atoms with Crippen LogP contribution in [0.5, 0.6) is 0 Å². The number of benzene rings is 1. The number of urea groups is 1. The zero-order valence-corrected chi connectivity index (χ0v) is 13.2. The molecule has 2 N–H and O–H groups in total. The Morgan fingerprint density at radius 1 is 1.19 bits per heavy atom. The minimum atomic E-state index is 0.000156. The first-order chi connectivity index (χ1) is 10.1. The third-order valence-electron chi connectivity index (χ3n) is 4.20. The van der Waals surface area contributed by atoms with Gasteiger partial charge in [0.05, 0.1) is 0 Å². The number of nitrogens with one attached hydrogen (secondary N) is 2. The Kier molecular flexibility index (Phi) is 5.59. The average Bonchev–Trinajstić information content (AvgIpc) is 2.55. The Morgan fingerprint density at radius 2 is 1.81 bits per heavy atom. The van der Waals surface area contributed by atoms with Gasteiger partial charge in [0.25, 0.3) is 0 Å². The van der Waals surface area contributed by atoms with E-state index in [2.05, 4.69) is 29.4 Å². The Morgan fingerprint density at radius 3 is 2.33 bits per heavy atom. The lowest BCUT2D eigenvalue weighted by Crippen LogP contribution is -2.49. The maximum atomic E-state index is 12.2. The maximum Gasteiger partial charge on any atom is 0.321 e. The van der Waals surface area contributed by atoms with Gasteiger partial charge in [0.1, 0.15) is 0 Å². The van der Waals surface area contributed by atoms with Gasteiger partial charge in [0, 0.05) is 37.9 Å². The predicted octanol–water partition coefficient (Wildman–Crippen LogP) is 2.14. The van der Waals surface area contributed by atoms with Crippen LogP contribution in [-0.2, 0) is 0 Å². The van der Waals surface area contributed by atoms with Gasteiger partial charge < -0.3 is 20.4 Å². The first-order valence-corrected chi connectivity index (χ1v) is 7.69. The highest BCUT2D eigenvalue weighted by Crippen LogP contribution is 2.16. The standard InChI is InChI=1S/C16H26N4O/c1-4-19-9-11-20(12-10-19)16(21)18-15-7-5-14(6-8-15)13(2)17-3/h5-8,13,17H,4,9-12H2,1-3H3,(H,18,21). The molecule has 0 bridgehead atoms. The molecule has 1 atom stereocenters. The van der Waals surface area contributed by atoms with E-state index in [1.54, 1.807) is 0 Å². The van der Waals surface area contributed by atoms with Gasteiger partial charge in [0.15, 0.2) is 0 Å². The molecule has 1 aromatic rings. The van der Waals surface area contributed by atoms with Crippen LogP contribution in [0.3, 0.4) is 0 Å². The fourth-order valence-corrected chi connectivity index (χ4v) is 2.49. The Balaban J connectivity index is 1.88. The van der Waals surface area contributed by atoms with Gasteiger partial charge in [0.2, 0.25) is 0 Å². The summed E-state index contributed by atoms with van der Waals surface area (Å²) >= 11 is 0. The Hall–Kier alpha value is -1.59. The third-order valence-corrected chi connectivity index (χ3v) is 4.20. The van der Waals surface area contributed by atoms with E-state index < -0.39 is 0 Å². The third kappa shape index (κ3) is 4.19. The van der Waals surface area contributed by atoms with Crippen LogP contribution >= 0.6 is 0 Å². The smallest absolute Gasteiger partial charge is 0.321 e. The summed E-state index contributed by atoms with van der Waals surface area (Å²) in [5, 5.41) is 6.18. The minimum absolute atomic E-state index is 0.000156. The van der Waals surface area contributed by atoms with E-state index >= 15 is 0 Å². The van der Waals surface area contributed by atoms with Crippen LogP contribution in [0.15, 0.2) is 24.3 Å².